The number of aromatic nitrogens is 1. The van der Waals surface area contributed by atoms with Gasteiger partial charge in [0.1, 0.15) is 29.9 Å². The summed E-state index contributed by atoms with van der Waals surface area (Å²) in [7, 11) is -14.8. The van der Waals surface area contributed by atoms with Gasteiger partial charge < -0.3 is 50.4 Å². The zero-order valence-corrected chi connectivity index (χ0v) is 67.1. The summed E-state index contributed by atoms with van der Waals surface area (Å²) in [6, 6.07) is 27.8. The minimum atomic E-state index is -4.39. The number of hydrogen-bond acceptors (Lipinski definition) is 22. The van der Waals surface area contributed by atoms with Crippen molar-refractivity contribution in [2.75, 3.05) is 36.0 Å². The van der Waals surface area contributed by atoms with E-state index in [2.05, 4.69) is 101 Å². The molecule has 114 heavy (non-hydrogen) atoms. The molecule has 0 unspecified atom stereocenters. The van der Waals surface area contributed by atoms with Crippen molar-refractivity contribution in [2.24, 2.45) is 5.92 Å². The molecule has 1 aromatic heterocycles. The Hall–Kier alpha value is -10.4. The molecule has 0 saturated carbocycles. The third-order valence-electron chi connectivity index (χ3n) is 19.5. The number of aliphatic carboxylic acids is 3. The van der Waals surface area contributed by atoms with E-state index in [1.807, 2.05) is 54.6 Å². The molecule has 0 saturated heterocycles. The first kappa shape index (κ1) is 94.2. The number of carboxylic acid groups (broad SMARTS) is 3. The maximum atomic E-state index is 14.5. The molecule has 8 rings (SSSR count). The van der Waals surface area contributed by atoms with Crippen molar-refractivity contribution in [3.8, 4) is 5.75 Å². The van der Waals surface area contributed by atoms with E-state index in [1.54, 1.807) is 30.5 Å². The third kappa shape index (κ3) is 31.5. The smallest absolute Gasteiger partial charge is 0.425 e. The van der Waals surface area contributed by atoms with Gasteiger partial charge in [0.15, 0.2) is 11.5 Å². The summed E-state index contributed by atoms with van der Waals surface area (Å²) in [5.74, 6) is -5.27. The predicted octanol–water partition coefficient (Wildman–Crippen LogP) is 9.64. The zero-order valence-electron chi connectivity index (χ0n) is 63.8. The highest BCUT2D eigenvalue weighted by Crippen LogP contribution is 2.48. The lowest BCUT2D eigenvalue weighted by Crippen LogP contribution is -2.46. The van der Waals surface area contributed by atoms with Gasteiger partial charge in [-0.05, 0) is 149 Å². The Labute approximate surface area is 665 Å². The Morgan fingerprint density at radius 1 is 0.667 bits per heavy atom. The molecule has 618 valence electrons. The number of ketones is 2. The summed E-state index contributed by atoms with van der Waals surface area (Å²) >= 11 is 0. The minimum absolute atomic E-state index is 0.00811. The average Bonchev–Trinajstić information content (AvgIpc) is 1.60. The predicted molar refractivity (Wildman–Crippen MR) is 418 cm³/mol. The van der Waals surface area contributed by atoms with Crippen LogP contribution in [0.25, 0.3) is 10.9 Å². The van der Waals surface area contributed by atoms with E-state index in [0.717, 1.165) is 87.2 Å². The number of para-hydroxylation sites is 3. The summed E-state index contributed by atoms with van der Waals surface area (Å²) in [6.45, 7) is 9.63. The molecule has 31 nitrogen and oxygen atoms in total. The van der Waals surface area contributed by atoms with E-state index in [4.69, 9.17) is 44.7 Å². The van der Waals surface area contributed by atoms with Crippen LogP contribution in [-0.2, 0) is 103 Å². The molecule has 2 aliphatic heterocycles. The first-order valence-corrected chi connectivity index (χ1v) is 42.3. The molecule has 0 spiro atoms. The molecule has 0 radical (unpaired) electrons. The largest absolute Gasteiger partial charge is 0.748 e. The standard InChI is InChI=1S/C78H98N6O17S2.CO2.2O3S/c1-77(2)61-27-12-15-30-66(61)83(45-17-19-47-102(95,96)97)69(77)42-36-54-23-21-24-55(37-43-70-78(3,4)62-28-13-16-31-67(62)84(70)46-18-20-48-103(98,99)100)73(54)101-59-39-34-53(35-40-59)49-56(74(90)91)51-68(86)65(50-57-52-80-63-29-14-11-26-60(57)63)81-71(87)32-10-8-6-5-7-9-25-58(85)38-41-64(75(92)93)82-76(94)79-44-22-33-72(88)89;2-1-3;2*1-4(2)3/h11-16,26-31,34-37,39-40,42-43,52,56,64-65,80H,5-10,17-25,32-33,38,41,44-51H2,1-4H3,(H7-,79,81,82,87,88,89,90,91,92,93,94,95,96,97,98,99,100);;;/t56-,64+,65+;;;/m1.../s1. The van der Waals surface area contributed by atoms with Crippen molar-refractivity contribution < 1.29 is 119 Å². The van der Waals surface area contributed by atoms with Crippen LogP contribution >= 0.6 is 0 Å². The lowest BCUT2D eigenvalue weighted by molar-refractivity contribution is -0.438. The van der Waals surface area contributed by atoms with Gasteiger partial charge in [0.2, 0.25) is 11.6 Å². The fourth-order valence-corrected chi connectivity index (χ4v) is 15.1. The van der Waals surface area contributed by atoms with Gasteiger partial charge in [0, 0.05) is 115 Å². The Kier molecular flexibility index (Phi) is 38.1. The summed E-state index contributed by atoms with van der Waals surface area (Å²) in [5, 5.41) is 37.6. The zero-order chi connectivity index (χ0) is 84.3. The van der Waals surface area contributed by atoms with Gasteiger partial charge in [-0.25, -0.2) is 18.0 Å². The van der Waals surface area contributed by atoms with Crippen LogP contribution in [0.1, 0.15) is 178 Å². The van der Waals surface area contributed by atoms with Crippen LogP contribution in [0.2, 0.25) is 0 Å². The van der Waals surface area contributed by atoms with Crippen molar-refractivity contribution in [1.82, 2.24) is 20.9 Å². The highest BCUT2D eigenvalue weighted by atomic mass is 32.2. The monoisotopic (exact) mass is 1660 g/mol. The molecule has 5 aromatic rings. The summed E-state index contributed by atoms with van der Waals surface area (Å²) in [5.41, 5.74) is 9.33. The molecular weight excluding hydrogens is 1560 g/mol. The molecule has 3 heterocycles. The van der Waals surface area contributed by atoms with Gasteiger partial charge >= 0.3 is 51.3 Å². The van der Waals surface area contributed by atoms with Crippen molar-refractivity contribution >= 4 is 117 Å². The van der Waals surface area contributed by atoms with Gasteiger partial charge in [-0.3, -0.25) is 28.5 Å². The van der Waals surface area contributed by atoms with Crippen molar-refractivity contribution in [3.63, 3.8) is 0 Å². The molecule has 3 amide bonds. The van der Waals surface area contributed by atoms with E-state index in [9.17, 15) is 69.7 Å². The van der Waals surface area contributed by atoms with Crippen LogP contribution < -0.4 is 25.6 Å². The summed E-state index contributed by atoms with van der Waals surface area (Å²) in [6.07, 6.45) is 18.0. The fourth-order valence-electron chi connectivity index (χ4n) is 14.0. The van der Waals surface area contributed by atoms with Crippen molar-refractivity contribution in [1.29, 1.82) is 0 Å². The second-order valence-electron chi connectivity index (χ2n) is 28.5. The highest BCUT2D eigenvalue weighted by Gasteiger charge is 2.44. The second kappa shape index (κ2) is 46.1. The SMILES string of the molecule is CC1(C)C(=CC=C2CCCC(C=CC3=[N+](CCCCS(=O)(=O)O)c4ccccc4C3(C)C)=C2Oc2ccc(C[C@H](CC(=O)[C@H](Cc3c[nH]c4ccccc34)NC(=O)CCCCCCCCC(=O)CC[C@H](NC(=O)NCCCC(=O)O)C(=O)O)C(=O)O)cc2)N(CCCCS(=O)(=O)[O-])c2ccccc21.O=C=O.O=S(=O)=O.O=S(=O)=O. The first-order chi connectivity index (χ1) is 53.9. The number of carbonyl (C=O) groups is 7. The number of Topliss-reactive ketones (excluding diaryl/α,β-unsaturated/α-hetero) is 2. The Bertz CT molecular complexity index is 4870. The van der Waals surface area contributed by atoms with Gasteiger partial charge in [-0.1, -0.05) is 112 Å². The second-order valence-corrected chi connectivity index (χ2v) is 32.5. The molecule has 35 heteroatoms. The number of rotatable bonds is 42. The molecular formula is C79H98N6O25S4. The van der Waals surface area contributed by atoms with E-state index < -0.39 is 106 Å². The van der Waals surface area contributed by atoms with E-state index >= 15 is 0 Å². The average molecular weight is 1660 g/mol. The molecule has 8 N–H and O–H groups in total. The molecule has 0 bridgehead atoms. The maximum Gasteiger partial charge on any atom is 0.425 e. The third-order valence-corrected chi connectivity index (χ3v) is 21.1. The van der Waals surface area contributed by atoms with E-state index in [1.165, 1.54) is 0 Å². The number of H-pyrrole nitrogens is 1. The number of fused-ring (bicyclic) bond motifs is 3. The van der Waals surface area contributed by atoms with Crippen LogP contribution in [0, 0.1) is 5.92 Å². The normalized spacial score (nSPS) is 15.5. The van der Waals surface area contributed by atoms with Crippen LogP contribution in [-0.4, -0.2) is 173 Å². The number of nitrogens with zero attached hydrogens (tertiary/aromatic N) is 2. The van der Waals surface area contributed by atoms with Crippen molar-refractivity contribution in [2.45, 2.75) is 192 Å². The summed E-state index contributed by atoms with van der Waals surface area (Å²) < 4.78 is 128. The van der Waals surface area contributed by atoms with Gasteiger partial charge in [0.05, 0.1) is 33.2 Å². The lowest BCUT2D eigenvalue weighted by atomic mass is 9.81. The van der Waals surface area contributed by atoms with Gasteiger partial charge in [0.25, 0.3) is 10.1 Å². The van der Waals surface area contributed by atoms with Gasteiger partial charge in [-0.15, -0.1) is 25.3 Å². The number of nitrogens with one attached hydrogen (secondary N) is 4. The number of aromatic amines is 1. The van der Waals surface area contributed by atoms with Gasteiger partial charge in [-0.2, -0.15) is 22.6 Å². The van der Waals surface area contributed by atoms with Crippen LogP contribution in [0.5, 0.6) is 5.75 Å². The molecule has 4 aromatic carbocycles. The molecule has 0 fully saturated rings. The molecule has 3 atom stereocenters. The number of anilines is 1. The number of ether oxygens (including phenoxy) is 1. The van der Waals surface area contributed by atoms with Crippen LogP contribution in [0.4, 0.5) is 16.2 Å². The highest BCUT2D eigenvalue weighted by molar-refractivity contribution is 7.85. The number of urea groups is 1. The number of carbonyl (C=O) groups excluding carboxylic acids is 6. The number of carboxylic acids is 3. The molecule has 1 aliphatic carbocycles. The summed E-state index contributed by atoms with van der Waals surface area (Å²) in [4.78, 5) is 110. The number of amides is 3. The fraction of sp³-hybridized carbons (Fsp3) is 0.456. The Balaban J connectivity index is 0.00000198. The van der Waals surface area contributed by atoms with Crippen molar-refractivity contribution in [3.05, 3.63) is 172 Å². The topological polar surface area (TPSA) is 496 Å². The number of unbranched alkanes of at least 4 members (excludes halogenated alkanes) is 7. The Morgan fingerprint density at radius 3 is 1.92 bits per heavy atom. The first-order valence-electron chi connectivity index (χ1n) is 37.1. The maximum absolute atomic E-state index is 14.5. The quantitative estimate of drug-likeness (QED) is 0.0102. The number of benzene rings is 4. The minimum Gasteiger partial charge on any atom is -0.748 e. The number of allylic oxidation sites excluding steroid dienone is 7. The molecule has 3 aliphatic rings. The van der Waals surface area contributed by atoms with Crippen LogP contribution in [0.3, 0.4) is 0 Å². The Morgan fingerprint density at radius 2 is 1.28 bits per heavy atom. The number of hydrogen-bond donors (Lipinski definition) is 8. The lowest BCUT2D eigenvalue weighted by Gasteiger charge is -2.28. The van der Waals surface area contributed by atoms with Crippen LogP contribution in [0.15, 0.2) is 150 Å². The van der Waals surface area contributed by atoms with E-state index in [-0.39, 0.29) is 101 Å². The van der Waals surface area contributed by atoms with E-state index in [0.29, 0.717) is 75.1 Å².